The molecule has 0 bridgehead atoms. The zero-order chi connectivity index (χ0) is 45.6. The molecule has 338 valence electrons. The molecule has 0 unspecified atom stereocenters. The van der Waals surface area contributed by atoms with Gasteiger partial charge in [-0.2, -0.15) is 5.26 Å². The third-order valence-corrected chi connectivity index (χ3v) is 6.57. The molecule has 0 aliphatic heterocycles. The van der Waals surface area contributed by atoms with Crippen molar-refractivity contribution in [2.45, 2.75) is 125 Å². The average molecular weight is 830 g/mol. The highest BCUT2D eigenvalue weighted by atomic mass is 16.6. The lowest BCUT2D eigenvalue weighted by molar-refractivity contribution is 0.0142. The molecule has 0 atom stereocenters. The number of nitrogens with one attached hydrogen (secondary N) is 1. The van der Waals surface area contributed by atoms with Crippen LogP contribution in [0.2, 0.25) is 0 Å². The van der Waals surface area contributed by atoms with E-state index in [0.29, 0.717) is 39.3 Å². The van der Waals surface area contributed by atoms with Crippen molar-refractivity contribution in [2.24, 2.45) is 22.9 Å². The molecule has 0 saturated carbocycles. The highest BCUT2D eigenvalue weighted by molar-refractivity contribution is 5.70. The zero-order valence-electron chi connectivity index (χ0n) is 37.8. The first kappa shape index (κ1) is 58.2. The van der Waals surface area contributed by atoms with Crippen LogP contribution in [0.3, 0.4) is 0 Å². The third kappa shape index (κ3) is 36.2. The minimum atomic E-state index is -0.688. The van der Waals surface area contributed by atoms with Gasteiger partial charge >= 0.3 is 24.4 Å². The fraction of sp³-hybridized carbons (Fsp3) is 0.846. The lowest BCUT2D eigenvalue weighted by Gasteiger charge is -2.31. The van der Waals surface area contributed by atoms with E-state index in [1.807, 2.05) is 6.07 Å². The molecule has 0 aliphatic rings. The second-order valence-corrected chi connectivity index (χ2v) is 17.0. The summed E-state index contributed by atoms with van der Waals surface area (Å²) in [6.45, 7) is 33.3. The van der Waals surface area contributed by atoms with E-state index in [1.165, 1.54) is 32.4 Å². The highest BCUT2D eigenvalue weighted by Gasteiger charge is 2.28. The van der Waals surface area contributed by atoms with Crippen LogP contribution in [0.1, 0.15) is 102 Å². The van der Waals surface area contributed by atoms with Gasteiger partial charge in [0, 0.05) is 65.4 Å². The summed E-state index contributed by atoms with van der Waals surface area (Å²) >= 11 is 0. The molecule has 0 spiro atoms. The quantitative estimate of drug-likeness (QED) is 0.0535. The minimum absolute atomic E-state index is 0.0667. The van der Waals surface area contributed by atoms with Gasteiger partial charge in [-0.15, -0.1) is 0 Å². The van der Waals surface area contributed by atoms with Gasteiger partial charge in [0.1, 0.15) is 28.9 Å². The van der Waals surface area contributed by atoms with Gasteiger partial charge in [-0.05, 0) is 109 Å². The van der Waals surface area contributed by atoms with Crippen molar-refractivity contribution in [3.63, 3.8) is 0 Å². The van der Waals surface area contributed by atoms with E-state index < -0.39 is 46.8 Å². The molecular weight excluding hydrogens is 750 g/mol. The Labute approximate surface area is 349 Å². The van der Waals surface area contributed by atoms with Gasteiger partial charge in [0.05, 0.1) is 6.07 Å². The lowest BCUT2D eigenvalue weighted by atomic mass is 10.2. The van der Waals surface area contributed by atoms with Crippen LogP contribution in [0, 0.1) is 17.9 Å². The monoisotopic (exact) mass is 830 g/mol. The normalized spacial score (nSPS) is 11.2. The molecule has 0 fully saturated rings. The Morgan fingerprint density at radius 2 is 0.897 bits per heavy atom. The van der Waals surface area contributed by atoms with Crippen LogP contribution in [-0.2, 0) is 18.9 Å². The number of carbonyl (C=O) groups excluding carboxylic acids is 4. The fourth-order valence-corrected chi connectivity index (χ4v) is 4.11. The number of nitriles is 1. The summed E-state index contributed by atoms with van der Waals surface area (Å²) in [5.41, 5.74) is 19.2. The smallest absolute Gasteiger partial charge is 0.416 e. The van der Waals surface area contributed by atoms with Crippen LogP contribution in [0.25, 0.3) is 4.85 Å². The van der Waals surface area contributed by atoms with E-state index >= 15 is 0 Å². The van der Waals surface area contributed by atoms with Gasteiger partial charge < -0.3 is 57.0 Å². The maximum atomic E-state index is 12.2. The zero-order valence-corrected chi connectivity index (χ0v) is 37.8. The summed E-state index contributed by atoms with van der Waals surface area (Å²) < 4.78 is 21.2. The minimum Gasteiger partial charge on any atom is -0.444 e. The summed E-state index contributed by atoms with van der Waals surface area (Å²) in [4.78, 5) is 57.1. The van der Waals surface area contributed by atoms with Gasteiger partial charge in [-0.1, -0.05) is 6.42 Å². The van der Waals surface area contributed by atoms with Crippen molar-refractivity contribution in [3.8, 4) is 6.07 Å². The fourth-order valence-electron chi connectivity index (χ4n) is 4.11. The maximum absolute atomic E-state index is 12.2. The molecule has 0 rings (SSSR count). The number of hydrogen-bond donors (Lipinski definition) is 5. The molecule has 0 radical (unpaired) electrons. The van der Waals surface area contributed by atoms with E-state index in [9.17, 15) is 19.2 Å². The first-order valence-corrected chi connectivity index (χ1v) is 19.8. The number of amides is 4. The van der Waals surface area contributed by atoms with Crippen molar-refractivity contribution in [1.29, 1.82) is 5.26 Å². The Morgan fingerprint density at radius 1 is 0.534 bits per heavy atom. The molecular formula is C39H79N11O8. The van der Waals surface area contributed by atoms with E-state index in [0.717, 1.165) is 32.6 Å². The summed E-state index contributed by atoms with van der Waals surface area (Å²) in [6.07, 6.45) is 1.40. The number of nitrogens with two attached hydrogens (primary N) is 4. The van der Waals surface area contributed by atoms with Crippen molar-refractivity contribution in [1.82, 2.24) is 24.9 Å². The van der Waals surface area contributed by atoms with Gasteiger partial charge in [0.2, 0.25) is 0 Å². The molecule has 0 aromatic rings. The predicted molar refractivity (Wildman–Crippen MR) is 226 cm³/mol. The van der Waals surface area contributed by atoms with Crippen LogP contribution in [-0.4, -0.2) is 158 Å². The van der Waals surface area contributed by atoms with Gasteiger partial charge in [-0.25, -0.2) is 30.7 Å². The number of rotatable bonds is 19. The Bertz CT molecular complexity index is 1140. The Kier molecular flexibility index (Phi) is 31.0. The van der Waals surface area contributed by atoms with Crippen molar-refractivity contribution in [2.75, 3.05) is 91.8 Å². The summed E-state index contributed by atoms with van der Waals surface area (Å²) in [6, 6.07) is 1.89. The summed E-state index contributed by atoms with van der Waals surface area (Å²) in [5.74, 6) is 0. The largest absolute Gasteiger partial charge is 0.444 e. The Morgan fingerprint density at radius 3 is 1.22 bits per heavy atom. The number of nitrogens with zero attached hydrogens (tertiary/aromatic N) is 6. The van der Waals surface area contributed by atoms with Crippen molar-refractivity contribution in [3.05, 3.63) is 11.4 Å². The molecule has 0 aliphatic carbocycles. The standard InChI is InChI=1S/C16H26N4O4.C16H34N4O4.C7H19N3/c1-15(2,3)23-13(21)19(9-8-17)10-11-20(12-18-7)14(22)24-16(4,5)6;1-15(2,3)23-13(21)19(9-7-17)11-12-20(10-8-18)14(22)24-16(4,5)6;8-4-2-1-3-6-10-7-5-9/h9-12H2,1-6H3;7-12,17-18H2,1-6H3;10H,1-9H2. The average Bonchev–Trinajstić information content (AvgIpc) is 3.06. The number of hydrogen-bond acceptors (Lipinski definition) is 14. The molecule has 0 aromatic carbocycles. The molecule has 0 aromatic heterocycles. The topological polar surface area (TPSA) is 262 Å². The first-order chi connectivity index (χ1) is 26.7. The molecule has 0 saturated heterocycles. The lowest BCUT2D eigenvalue weighted by Crippen LogP contribution is -2.46. The van der Waals surface area contributed by atoms with Crippen molar-refractivity contribution < 1.29 is 38.1 Å². The Balaban J connectivity index is -0.000000847. The van der Waals surface area contributed by atoms with Crippen LogP contribution >= 0.6 is 0 Å². The molecule has 19 nitrogen and oxygen atoms in total. The highest BCUT2D eigenvalue weighted by Crippen LogP contribution is 2.14. The number of ether oxygens (including phenoxy) is 4. The summed E-state index contributed by atoms with van der Waals surface area (Å²) in [5, 5.41) is 12.1. The molecule has 58 heavy (non-hydrogen) atoms. The van der Waals surface area contributed by atoms with Gasteiger partial charge in [0.25, 0.3) is 6.67 Å². The van der Waals surface area contributed by atoms with Gasteiger partial charge in [-0.3, -0.25) is 9.74 Å². The van der Waals surface area contributed by atoms with Crippen molar-refractivity contribution >= 4 is 24.4 Å². The van der Waals surface area contributed by atoms with Gasteiger partial charge in [0.15, 0.2) is 0 Å². The first-order valence-electron chi connectivity index (χ1n) is 19.8. The SMILES string of the molecule is CC(C)(C)OC(=O)N(CCN)CCN(CCN)C(=O)OC(C)(C)C.NCCCCCNCCN.[C-]#[N+]CN(CCN(CC#N)C(=O)OC(C)(C)C)C(=O)OC(C)(C)C. The second kappa shape index (κ2) is 30.9. The number of unbranched alkanes of at least 4 members (excludes halogenated alkanes) is 2. The van der Waals surface area contributed by atoms with Crippen LogP contribution < -0.4 is 28.3 Å². The predicted octanol–water partition coefficient (Wildman–Crippen LogP) is 3.90. The number of carbonyl (C=O) groups is 4. The molecule has 9 N–H and O–H groups in total. The second-order valence-electron chi connectivity index (χ2n) is 17.0. The third-order valence-electron chi connectivity index (χ3n) is 6.57. The van der Waals surface area contributed by atoms with Crippen LogP contribution in [0.5, 0.6) is 0 Å². The van der Waals surface area contributed by atoms with Crippen LogP contribution in [0.15, 0.2) is 0 Å². The Hall–Kier alpha value is -4.14. The maximum Gasteiger partial charge on any atom is 0.416 e. The van der Waals surface area contributed by atoms with Crippen LogP contribution in [0.4, 0.5) is 19.2 Å². The molecule has 19 heteroatoms. The summed E-state index contributed by atoms with van der Waals surface area (Å²) in [7, 11) is 0. The van der Waals surface area contributed by atoms with E-state index in [2.05, 4.69) is 10.2 Å². The van der Waals surface area contributed by atoms with E-state index in [4.69, 9.17) is 53.7 Å². The van der Waals surface area contributed by atoms with E-state index in [-0.39, 0.29) is 26.3 Å². The molecule has 4 amide bonds. The molecule has 0 heterocycles. The van der Waals surface area contributed by atoms with E-state index in [1.54, 1.807) is 83.1 Å².